The van der Waals surface area contributed by atoms with Crippen molar-refractivity contribution in [3.63, 3.8) is 0 Å². The van der Waals surface area contributed by atoms with Gasteiger partial charge in [0, 0.05) is 37.5 Å². The second-order valence-electron chi connectivity index (χ2n) is 10.1. The largest absolute Gasteiger partial charge is 0.496 e. The summed E-state index contributed by atoms with van der Waals surface area (Å²) >= 11 is 0. The molecular weight excluding hydrogens is 442 g/mol. The first-order valence-electron chi connectivity index (χ1n) is 13.1. The highest BCUT2D eigenvalue weighted by molar-refractivity contribution is 5.77. The molecular formula is C28H37N3O4. The third kappa shape index (κ3) is 5.62. The monoisotopic (exact) mass is 479 g/mol. The van der Waals surface area contributed by atoms with Gasteiger partial charge in [-0.05, 0) is 80.5 Å². The summed E-state index contributed by atoms with van der Waals surface area (Å²) in [4.78, 5) is 19.2. The van der Waals surface area contributed by atoms with Crippen LogP contribution in [-0.2, 0) is 22.4 Å². The van der Waals surface area contributed by atoms with Gasteiger partial charge in [-0.3, -0.25) is 9.69 Å². The Morgan fingerprint density at radius 2 is 2.11 bits per heavy atom. The molecule has 3 aliphatic rings. The lowest BCUT2D eigenvalue weighted by atomic mass is 9.95. The van der Waals surface area contributed by atoms with Crippen molar-refractivity contribution in [3.05, 3.63) is 52.7 Å². The normalized spacial score (nSPS) is 20.8. The molecule has 188 valence electrons. The van der Waals surface area contributed by atoms with Crippen LogP contribution < -0.4 is 10.1 Å². The maximum Gasteiger partial charge on any atom is 0.325 e. The zero-order valence-corrected chi connectivity index (χ0v) is 20.7. The zero-order valence-electron chi connectivity index (χ0n) is 20.7. The number of carboxylic acids is 1. The van der Waals surface area contributed by atoms with E-state index in [2.05, 4.69) is 22.3 Å². The molecule has 7 nitrogen and oxygen atoms in total. The lowest BCUT2D eigenvalue weighted by Gasteiger charge is -2.27. The second-order valence-corrected chi connectivity index (χ2v) is 10.1. The van der Waals surface area contributed by atoms with Gasteiger partial charge in [0.2, 0.25) is 0 Å². The maximum absolute atomic E-state index is 12.4. The van der Waals surface area contributed by atoms with Crippen LogP contribution in [0.15, 0.2) is 30.3 Å². The summed E-state index contributed by atoms with van der Waals surface area (Å²) in [5.74, 6) is 1.49. The number of carboxylic acid groups (broad SMARTS) is 1. The number of anilines is 1. The van der Waals surface area contributed by atoms with Gasteiger partial charge in [0.1, 0.15) is 17.6 Å². The number of fused-ring (bicyclic) bond motifs is 1. The summed E-state index contributed by atoms with van der Waals surface area (Å²) < 4.78 is 11.8. The minimum atomic E-state index is -0.798. The Kier molecular flexibility index (Phi) is 7.54. The molecule has 1 saturated heterocycles. The second kappa shape index (κ2) is 11.0. The Balaban J connectivity index is 1.12. The summed E-state index contributed by atoms with van der Waals surface area (Å²) in [6, 6.07) is 9.53. The molecule has 1 aliphatic carbocycles. The molecule has 0 bridgehead atoms. The number of nitrogens with zero attached hydrogens (tertiary/aromatic N) is 2. The SMILES string of the molecule is COc1cccc([C@H](C(=O)O)N2CC[C@@H](OCCCCc3ccc4c(n3)NCCC4)C2)c1C1CC1. The topological polar surface area (TPSA) is 83.9 Å². The molecule has 7 heteroatoms. The summed E-state index contributed by atoms with van der Waals surface area (Å²) in [7, 11) is 1.67. The molecule has 2 aliphatic heterocycles. The first kappa shape index (κ1) is 24.1. The number of methoxy groups -OCH3 is 1. The molecule has 5 rings (SSSR count). The highest BCUT2D eigenvalue weighted by atomic mass is 16.5. The third-order valence-electron chi connectivity index (χ3n) is 7.51. The van der Waals surface area contributed by atoms with Crippen molar-refractivity contribution in [1.82, 2.24) is 9.88 Å². The quantitative estimate of drug-likeness (QED) is 0.457. The van der Waals surface area contributed by atoms with Gasteiger partial charge >= 0.3 is 5.97 Å². The fourth-order valence-electron chi connectivity index (χ4n) is 5.56. The Bertz CT molecular complexity index is 1040. The molecule has 2 aromatic rings. The Hall–Kier alpha value is -2.64. The average molecular weight is 480 g/mol. The Labute approximate surface area is 207 Å². The lowest BCUT2D eigenvalue weighted by Crippen LogP contribution is -2.34. The van der Waals surface area contributed by atoms with Crippen LogP contribution >= 0.6 is 0 Å². The van der Waals surface area contributed by atoms with Crippen LogP contribution in [0.1, 0.15) is 72.9 Å². The number of hydrogen-bond acceptors (Lipinski definition) is 6. The number of aryl methyl sites for hydroxylation is 2. The van der Waals surface area contributed by atoms with Crippen molar-refractivity contribution < 1.29 is 19.4 Å². The van der Waals surface area contributed by atoms with Crippen molar-refractivity contribution in [1.29, 1.82) is 0 Å². The summed E-state index contributed by atoms with van der Waals surface area (Å²) in [5, 5.41) is 13.6. The van der Waals surface area contributed by atoms with Crippen molar-refractivity contribution in [2.75, 3.05) is 38.7 Å². The summed E-state index contributed by atoms with van der Waals surface area (Å²) in [6.45, 7) is 3.09. The van der Waals surface area contributed by atoms with Gasteiger partial charge in [-0.1, -0.05) is 18.2 Å². The van der Waals surface area contributed by atoms with Gasteiger partial charge in [0.05, 0.1) is 13.2 Å². The van der Waals surface area contributed by atoms with Crippen molar-refractivity contribution in [2.24, 2.45) is 0 Å². The van der Waals surface area contributed by atoms with Crippen molar-refractivity contribution >= 4 is 11.8 Å². The molecule has 2 N–H and O–H groups in total. The third-order valence-corrected chi connectivity index (χ3v) is 7.51. The standard InChI is InChI=1S/C28H37N3O4/c1-34-24-9-4-8-23(25(24)19-10-11-19)26(28(32)33)31-16-14-22(18-31)35-17-3-2-7-21-13-12-20-6-5-15-29-27(20)30-21/h4,8-9,12-13,19,22,26H,2-3,5-7,10-11,14-18H2,1H3,(H,29,30)(H,32,33)/t22-,26-/m1/s1. The van der Waals surface area contributed by atoms with Gasteiger partial charge in [0.15, 0.2) is 0 Å². The van der Waals surface area contributed by atoms with E-state index >= 15 is 0 Å². The fraction of sp³-hybridized carbons (Fsp3) is 0.571. The molecule has 2 fully saturated rings. The summed E-state index contributed by atoms with van der Waals surface area (Å²) in [5.41, 5.74) is 4.43. The van der Waals surface area contributed by atoms with E-state index in [1.54, 1.807) is 7.11 Å². The number of carbonyl (C=O) groups is 1. The van der Waals surface area contributed by atoms with Crippen LogP contribution in [0, 0.1) is 0 Å². The zero-order chi connectivity index (χ0) is 24.2. The van der Waals surface area contributed by atoms with E-state index in [1.165, 1.54) is 12.0 Å². The fourth-order valence-corrected chi connectivity index (χ4v) is 5.56. The molecule has 1 saturated carbocycles. The molecule has 3 heterocycles. The molecule has 0 amide bonds. The molecule has 2 atom stereocenters. The molecule has 0 radical (unpaired) electrons. The van der Waals surface area contributed by atoms with Crippen LogP contribution in [-0.4, -0.2) is 60.4 Å². The lowest BCUT2D eigenvalue weighted by molar-refractivity contribution is -0.143. The number of rotatable bonds is 11. The van der Waals surface area contributed by atoms with Gasteiger partial charge in [-0.25, -0.2) is 4.98 Å². The smallest absolute Gasteiger partial charge is 0.325 e. The number of likely N-dealkylation sites (tertiary alicyclic amines) is 1. The van der Waals surface area contributed by atoms with E-state index in [0.717, 1.165) is 86.4 Å². The van der Waals surface area contributed by atoms with Gasteiger partial charge in [0.25, 0.3) is 0 Å². The minimum Gasteiger partial charge on any atom is -0.496 e. The number of hydrogen-bond donors (Lipinski definition) is 2. The Morgan fingerprint density at radius 1 is 1.23 bits per heavy atom. The van der Waals surface area contributed by atoms with E-state index in [0.29, 0.717) is 19.1 Å². The first-order chi connectivity index (χ1) is 17.1. The first-order valence-corrected chi connectivity index (χ1v) is 13.1. The van der Waals surface area contributed by atoms with Crippen molar-refractivity contribution in [2.45, 2.75) is 69.4 Å². The number of pyridine rings is 1. The van der Waals surface area contributed by atoms with Gasteiger partial charge in [-0.15, -0.1) is 0 Å². The number of nitrogens with one attached hydrogen (secondary N) is 1. The number of ether oxygens (including phenoxy) is 2. The predicted octanol–water partition coefficient (Wildman–Crippen LogP) is 4.57. The number of aliphatic carboxylic acids is 1. The van der Waals surface area contributed by atoms with E-state index in [4.69, 9.17) is 14.5 Å². The molecule has 35 heavy (non-hydrogen) atoms. The average Bonchev–Trinajstić information content (AvgIpc) is 3.61. The maximum atomic E-state index is 12.4. The molecule has 1 aromatic heterocycles. The molecule has 0 spiro atoms. The summed E-state index contributed by atoms with van der Waals surface area (Å²) in [6.07, 6.45) is 8.41. The minimum absolute atomic E-state index is 0.0814. The highest BCUT2D eigenvalue weighted by Gasteiger charge is 2.39. The highest BCUT2D eigenvalue weighted by Crippen LogP contribution is 2.48. The van der Waals surface area contributed by atoms with E-state index in [1.807, 2.05) is 18.2 Å². The van der Waals surface area contributed by atoms with E-state index in [9.17, 15) is 9.90 Å². The van der Waals surface area contributed by atoms with Gasteiger partial charge in [-0.2, -0.15) is 0 Å². The van der Waals surface area contributed by atoms with Crippen LogP contribution in [0.5, 0.6) is 5.75 Å². The number of unbranched alkanes of at least 4 members (excludes halogenated alkanes) is 1. The van der Waals surface area contributed by atoms with Gasteiger partial charge < -0.3 is 19.9 Å². The van der Waals surface area contributed by atoms with Crippen LogP contribution in [0.2, 0.25) is 0 Å². The number of benzene rings is 1. The predicted molar refractivity (Wildman–Crippen MR) is 135 cm³/mol. The van der Waals surface area contributed by atoms with Crippen molar-refractivity contribution in [3.8, 4) is 5.75 Å². The number of aromatic nitrogens is 1. The Morgan fingerprint density at radius 3 is 2.91 bits per heavy atom. The van der Waals surface area contributed by atoms with E-state index in [-0.39, 0.29) is 6.10 Å². The van der Waals surface area contributed by atoms with Crippen LogP contribution in [0.25, 0.3) is 0 Å². The molecule has 1 aromatic carbocycles. The molecule has 0 unspecified atom stereocenters. The van der Waals surface area contributed by atoms with Crippen LogP contribution in [0.3, 0.4) is 0 Å². The van der Waals surface area contributed by atoms with Crippen LogP contribution in [0.4, 0.5) is 5.82 Å². The van der Waals surface area contributed by atoms with E-state index < -0.39 is 12.0 Å².